The number of carbonyl (C=O) groups excluding carboxylic acids is 2. The van der Waals surface area contributed by atoms with E-state index in [9.17, 15) is 9.59 Å². The Morgan fingerprint density at radius 2 is 2.19 bits per heavy atom. The van der Waals surface area contributed by atoms with Crippen molar-refractivity contribution in [2.45, 2.75) is 0 Å². The van der Waals surface area contributed by atoms with Crippen LogP contribution < -0.4 is 4.90 Å². The molecule has 2 aromatic rings. The first-order valence-corrected chi connectivity index (χ1v) is 6.76. The summed E-state index contributed by atoms with van der Waals surface area (Å²) in [4.78, 5) is 27.5. The van der Waals surface area contributed by atoms with Crippen LogP contribution in [0.15, 0.2) is 28.9 Å². The maximum atomic E-state index is 12.2. The highest BCUT2D eigenvalue weighted by atomic mass is 35.5. The van der Waals surface area contributed by atoms with Crippen LogP contribution in [0.4, 0.5) is 5.69 Å². The molecule has 0 unspecified atom stereocenters. The first-order chi connectivity index (χ1) is 10.0. The SMILES string of the molecule is Cn1cc(N2CCN(C(=O)c3ccc(Cl)o3)CC2=O)cn1. The monoisotopic (exact) mass is 308 g/mol. The van der Waals surface area contributed by atoms with Gasteiger partial charge in [-0.15, -0.1) is 0 Å². The minimum Gasteiger partial charge on any atom is -0.440 e. The number of carbonyl (C=O) groups is 2. The summed E-state index contributed by atoms with van der Waals surface area (Å²) in [6, 6.07) is 3.01. The highest BCUT2D eigenvalue weighted by molar-refractivity contribution is 6.29. The largest absolute Gasteiger partial charge is 0.440 e. The molecule has 0 aromatic carbocycles. The summed E-state index contributed by atoms with van der Waals surface area (Å²) < 4.78 is 6.71. The van der Waals surface area contributed by atoms with E-state index in [-0.39, 0.29) is 29.3 Å². The molecular weight excluding hydrogens is 296 g/mol. The van der Waals surface area contributed by atoms with Gasteiger partial charge in [0.05, 0.1) is 11.9 Å². The van der Waals surface area contributed by atoms with E-state index < -0.39 is 0 Å². The van der Waals surface area contributed by atoms with E-state index in [1.165, 1.54) is 17.0 Å². The van der Waals surface area contributed by atoms with Crippen LogP contribution in [-0.2, 0) is 11.8 Å². The summed E-state index contributed by atoms with van der Waals surface area (Å²) in [5.74, 6) is -0.344. The van der Waals surface area contributed by atoms with Crippen LogP contribution in [0.3, 0.4) is 0 Å². The number of hydrogen-bond donors (Lipinski definition) is 0. The second kappa shape index (κ2) is 5.25. The predicted octanol–water partition coefficient (Wildman–Crippen LogP) is 1.16. The average molecular weight is 309 g/mol. The van der Waals surface area contributed by atoms with E-state index in [4.69, 9.17) is 16.0 Å². The fourth-order valence-electron chi connectivity index (χ4n) is 2.25. The van der Waals surface area contributed by atoms with Crippen molar-refractivity contribution in [3.63, 3.8) is 0 Å². The number of nitrogens with zero attached hydrogens (tertiary/aromatic N) is 4. The molecule has 0 bridgehead atoms. The van der Waals surface area contributed by atoms with Crippen LogP contribution in [0.1, 0.15) is 10.6 Å². The van der Waals surface area contributed by atoms with Crippen LogP contribution in [0, 0.1) is 0 Å². The maximum absolute atomic E-state index is 12.2. The van der Waals surface area contributed by atoms with Gasteiger partial charge >= 0.3 is 0 Å². The van der Waals surface area contributed by atoms with Crippen LogP contribution in [-0.4, -0.2) is 46.1 Å². The third-order valence-corrected chi connectivity index (χ3v) is 3.50. The number of anilines is 1. The van der Waals surface area contributed by atoms with E-state index in [0.717, 1.165) is 5.69 Å². The molecule has 1 fully saturated rings. The number of amides is 2. The standard InChI is InChI=1S/C13H13ClN4O3/c1-16-7-9(6-15-16)18-5-4-17(8-12(18)19)13(20)10-2-3-11(14)21-10/h2-3,6-7H,4-5,8H2,1H3. The third-order valence-electron chi connectivity index (χ3n) is 3.29. The van der Waals surface area contributed by atoms with Gasteiger partial charge in [-0.1, -0.05) is 0 Å². The van der Waals surface area contributed by atoms with E-state index in [1.54, 1.807) is 29.0 Å². The van der Waals surface area contributed by atoms with Gasteiger partial charge in [0.25, 0.3) is 5.91 Å². The average Bonchev–Trinajstić information content (AvgIpc) is 3.06. The fourth-order valence-corrected chi connectivity index (χ4v) is 2.40. The van der Waals surface area contributed by atoms with Gasteiger partial charge < -0.3 is 14.2 Å². The molecule has 1 aliphatic heterocycles. The number of halogens is 1. The Bertz CT molecular complexity index is 693. The van der Waals surface area contributed by atoms with Gasteiger partial charge in [-0.05, 0) is 23.7 Å². The quantitative estimate of drug-likeness (QED) is 0.834. The minimum absolute atomic E-state index is 0.00600. The van der Waals surface area contributed by atoms with Gasteiger partial charge in [0.1, 0.15) is 6.54 Å². The Hall–Kier alpha value is -2.28. The first kappa shape index (κ1) is 13.7. The summed E-state index contributed by atoms with van der Waals surface area (Å²) in [6.07, 6.45) is 3.39. The van der Waals surface area contributed by atoms with Gasteiger partial charge in [-0.3, -0.25) is 14.3 Å². The van der Waals surface area contributed by atoms with Gasteiger partial charge in [0.2, 0.25) is 5.91 Å². The molecule has 0 N–H and O–H groups in total. The molecule has 0 spiro atoms. The molecule has 2 aromatic heterocycles. The Morgan fingerprint density at radius 3 is 2.76 bits per heavy atom. The van der Waals surface area contributed by atoms with Crippen molar-refractivity contribution in [2.24, 2.45) is 7.05 Å². The molecule has 3 heterocycles. The van der Waals surface area contributed by atoms with Crippen LogP contribution in [0.25, 0.3) is 0 Å². The van der Waals surface area contributed by atoms with E-state index in [1.807, 2.05) is 0 Å². The molecule has 3 rings (SSSR count). The molecule has 110 valence electrons. The molecule has 0 saturated carbocycles. The smallest absolute Gasteiger partial charge is 0.290 e. The lowest BCUT2D eigenvalue weighted by atomic mass is 10.2. The lowest BCUT2D eigenvalue weighted by Gasteiger charge is -2.33. The number of hydrogen-bond acceptors (Lipinski definition) is 4. The van der Waals surface area contributed by atoms with Crippen molar-refractivity contribution in [1.29, 1.82) is 0 Å². The number of aryl methyl sites for hydroxylation is 1. The van der Waals surface area contributed by atoms with E-state index in [0.29, 0.717) is 13.1 Å². The lowest BCUT2D eigenvalue weighted by molar-refractivity contribution is -0.120. The zero-order valence-electron chi connectivity index (χ0n) is 11.3. The summed E-state index contributed by atoms with van der Waals surface area (Å²) in [6.45, 7) is 0.856. The number of furan rings is 1. The molecule has 0 aliphatic carbocycles. The Kier molecular flexibility index (Phi) is 3.42. The summed E-state index contributed by atoms with van der Waals surface area (Å²) in [5, 5.41) is 4.19. The molecular formula is C13H13ClN4O3. The molecule has 0 atom stereocenters. The van der Waals surface area contributed by atoms with Crippen LogP contribution >= 0.6 is 11.6 Å². The summed E-state index contributed by atoms with van der Waals surface area (Å²) in [5.41, 5.74) is 0.732. The van der Waals surface area contributed by atoms with Crippen molar-refractivity contribution in [3.05, 3.63) is 35.5 Å². The topological polar surface area (TPSA) is 71.6 Å². The molecule has 7 nitrogen and oxygen atoms in total. The van der Waals surface area contributed by atoms with Crippen LogP contribution in [0.2, 0.25) is 5.22 Å². The number of aromatic nitrogens is 2. The zero-order chi connectivity index (χ0) is 15.0. The summed E-state index contributed by atoms with van der Waals surface area (Å²) >= 11 is 5.66. The fraction of sp³-hybridized carbons (Fsp3) is 0.308. The zero-order valence-corrected chi connectivity index (χ0v) is 12.1. The van der Waals surface area contributed by atoms with Gasteiger partial charge in [-0.2, -0.15) is 5.10 Å². The van der Waals surface area contributed by atoms with Gasteiger partial charge in [0.15, 0.2) is 11.0 Å². The Balaban J connectivity index is 1.71. The summed E-state index contributed by atoms with van der Waals surface area (Å²) in [7, 11) is 1.79. The first-order valence-electron chi connectivity index (χ1n) is 6.38. The van der Waals surface area contributed by atoms with Crippen molar-refractivity contribution in [2.75, 3.05) is 24.5 Å². The molecule has 2 amide bonds. The second-order valence-corrected chi connectivity index (χ2v) is 5.12. The molecule has 1 aliphatic rings. The highest BCUT2D eigenvalue weighted by Gasteiger charge is 2.30. The maximum Gasteiger partial charge on any atom is 0.290 e. The lowest BCUT2D eigenvalue weighted by Crippen LogP contribution is -2.52. The van der Waals surface area contributed by atoms with Crippen molar-refractivity contribution >= 4 is 29.1 Å². The van der Waals surface area contributed by atoms with Crippen molar-refractivity contribution in [1.82, 2.24) is 14.7 Å². The highest BCUT2D eigenvalue weighted by Crippen LogP contribution is 2.19. The molecule has 21 heavy (non-hydrogen) atoms. The van der Waals surface area contributed by atoms with Crippen molar-refractivity contribution in [3.8, 4) is 0 Å². The van der Waals surface area contributed by atoms with Gasteiger partial charge in [0, 0.05) is 26.3 Å². The number of rotatable bonds is 2. The number of piperazine rings is 1. The van der Waals surface area contributed by atoms with E-state index >= 15 is 0 Å². The second-order valence-electron chi connectivity index (χ2n) is 4.75. The van der Waals surface area contributed by atoms with E-state index in [2.05, 4.69) is 5.10 Å². The molecule has 8 heteroatoms. The molecule has 0 radical (unpaired) electrons. The van der Waals surface area contributed by atoms with Gasteiger partial charge in [-0.25, -0.2) is 0 Å². The van der Waals surface area contributed by atoms with Crippen LogP contribution in [0.5, 0.6) is 0 Å². The van der Waals surface area contributed by atoms with Crippen molar-refractivity contribution < 1.29 is 14.0 Å². The Labute approximate surface area is 125 Å². The predicted molar refractivity (Wildman–Crippen MR) is 75.2 cm³/mol. The Morgan fingerprint density at radius 1 is 1.38 bits per heavy atom. The normalized spacial score (nSPS) is 15.6. The molecule has 1 saturated heterocycles. The third kappa shape index (κ3) is 2.64. The minimum atomic E-state index is -0.332.